The number of carbonyl (C=O) groups is 1. The van der Waals surface area contributed by atoms with Gasteiger partial charge in [-0.25, -0.2) is 19.1 Å². The fraction of sp³-hybridized carbons (Fsp3) is 0.435. The molecular weight excluding hydrogens is 401 g/mol. The van der Waals surface area contributed by atoms with E-state index in [9.17, 15) is 14.1 Å². The van der Waals surface area contributed by atoms with Gasteiger partial charge in [0.05, 0.1) is 17.1 Å². The van der Waals surface area contributed by atoms with Crippen molar-refractivity contribution >= 4 is 17.5 Å². The molecule has 2 aromatic rings. The van der Waals surface area contributed by atoms with E-state index >= 15 is 0 Å². The van der Waals surface area contributed by atoms with Crippen molar-refractivity contribution in [3.8, 4) is 0 Å². The van der Waals surface area contributed by atoms with Gasteiger partial charge in [0, 0.05) is 25.2 Å². The van der Waals surface area contributed by atoms with Gasteiger partial charge in [0.1, 0.15) is 5.82 Å². The van der Waals surface area contributed by atoms with Gasteiger partial charge in [0.25, 0.3) is 4.92 Å². The summed E-state index contributed by atoms with van der Waals surface area (Å²) in [6, 6.07) is 12.6. The lowest BCUT2D eigenvalue weighted by molar-refractivity contribution is -0.766. The smallest absolute Gasteiger partial charge is 0.321 e. The maximum atomic E-state index is 13.7. The summed E-state index contributed by atoms with van der Waals surface area (Å²) in [7, 11) is 0. The molecule has 0 atom stereocenters. The van der Waals surface area contributed by atoms with Crippen LogP contribution in [0.4, 0.5) is 20.6 Å². The molecule has 8 heteroatoms. The van der Waals surface area contributed by atoms with Crippen LogP contribution in [0.15, 0.2) is 48.5 Å². The summed E-state index contributed by atoms with van der Waals surface area (Å²) < 4.78 is 13.7. The van der Waals surface area contributed by atoms with Gasteiger partial charge in [0.2, 0.25) is 0 Å². The summed E-state index contributed by atoms with van der Waals surface area (Å²) >= 11 is 0. The molecule has 31 heavy (non-hydrogen) atoms. The Labute approximate surface area is 181 Å². The third-order valence-corrected chi connectivity index (χ3v) is 4.72. The molecule has 7 nitrogen and oxygen atoms in total. The first-order valence-electron chi connectivity index (χ1n) is 10.5. The van der Waals surface area contributed by atoms with Gasteiger partial charge < -0.3 is 9.74 Å². The number of hydroxylamine groups is 1. The molecule has 0 saturated carbocycles. The molecule has 0 unspecified atom stereocenters. The third-order valence-electron chi connectivity index (χ3n) is 4.72. The molecule has 166 valence electrons. The van der Waals surface area contributed by atoms with Crippen LogP contribution < -0.4 is 5.06 Å². The van der Waals surface area contributed by atoms with Crippen LogP contribution in [-0.2, 0) is 16.2 Å². The summed E-state index contributed by atoms with van der Waals surface area (Å²) in [5.74, 6) is -0.364. The van der Waals surface area contributed by atoms with E-state index in [4.69, 9.17) is 9.68 Å². The van der Waals surface area contributed by atoms with Gasteiger partial charge >= 0.3 is 11.8 Å². The highest BCUT2D eigenvalue weighted by Gasteiger charge is 2.27. The van der Waals surface area contributed by atoms with E-state index in [1.54, 1.807) is 62.1 Å². The minimum atomic E-state index is -0.631. The lowest BCUT2D eigenvalue weighted by Crippen LogP contribution is -2.40. The van der Waals surface area contributed by atoms with Crippen LogP contribution >= 0.6 is 0 Å². The van der Waals surface area contributed by atoms with Crippen molar-refractivity contribution in [2.45, 2.75) is 52.2 Å². The van der Waals surface area contributed by atoms with Gasteiger partial charge in [0.15, 0.2) is 5.60 Å². The normalized spacial score (nSPS) is 14.1. The highest BCUT2D eigenvalue weighted by Crippen LogP contribution is 2.24. The van der Waals surface area contributed by atoms with Crippen LogP contribution in [0.25, 0.3) is 0 Å². The maximum absolute atomic E-state index is 13.7. The lowest BCUT2D eigenvalue weighted by atomic mass is 10.1. The molecule has 1 fully saturated rings. The second-order valence-corrected chi connectivity index (χ2v) is 8.55. The van der Waals surface area contributed by atoms with Crippen LogP contribution in [0.5, 0.6) is 0 Å². The Morgan fingerprint density at radius 3 is 2.39 bits per heavy atom. The number of piperidine rings is 1. The van der Waals surface area contributed by atoms with Crippen LogP contribution in [-0.4, -0.2) is 34.6 Å². The van der Waals surface area contributed by atoms with E-state index in [2.05, 4.69) is 0 Å². The van der Waals surface area contributed by atoms with Gasteiger partial charge in [-0.3, -0.25) is 0 Å². The average Bonchev–Trinajstić information content (AvgIpc) is 2.73. The molecule has 1 heterocycles. The molecule has 0 spiro atoms. The highest BCUT2D eigenvalue weighted by molar-refractivity contribution is 5.69. The lowest BCUT2D eigenvalue weighted by Gasteiger charge is -2.30. The Hall–Kier alpha value is -3.16. The maximum Gasteiger partial charge on any atom is 0.434 e. The third kappa shape index (κ3) is 6.67. The number of rotatable bonds is 6. The summed E-state index contributed by atoms with van der Waals surface area (Å²) in [5, 5.41) is 1.41. The second kappa shape index (κ2) is 9.76. The average molecular weight is 431 g/mol. The van der Waals surface area contributed by atoms with Crippen molar-refractivity contribution in [2.75, 3.05) is 18.2 Å². The van der Waals surface area contributed by atoms with Crippen molar-refractivity contribution in [1.29, 1.82) is 0 Å². The van der Waals surface area contributed by atoms with Gasteiger partial charge in [-0.1, -0.05) is 12.1 Å². The zero-order valence-corrected chi connectivity index (χ0v) is 18.2. The molecule has 1 aliphatic rings. The largest absolute Gasteiger partial charge is 0.434 e. The van der Waals surface area contributed by atoms with Crippen molar-refractivity contribution < 1.29 is 23.8 Å². The van der Waals surface area contributed by atoms with Gasteiger partial charge in [-0.2, -0.15) is 0 Å². The monoisotopic (exact) mass is 430 g/mol. The molecule has 0 bridgehead atoms. The molecule has 1 amide bonds. The first-order valence-corrected chi connectivity index (χ1v) is 10.5. The fourth-order valence-electron chi connectivity index (χ4n) is 3.25. The van der Waals surface area contributed by atoms with Gasteiger partial charge in [-0.15, -0.1) is 0 Å². The second-order valence-electron chi connectivity index (χ2n) is 8.55. The molecule has 1 aliphatic heterocycles. The molecule has 1 saturated heterocycles. The number of benzene rings is 2. The number of carbonyl (C=O) groups excluding carboxylic acids is 1. The number of likely N-dealkylation sites (tertiary alicyclic amines) is 1. The zero-order valence-electron chi connectivity index (χ0n) is 18.2. The zero-order chi connectivity index (χ0) is 22.4. The Bertz CT molecular complexity index is 906. The predicted molar refractivity (Wildman–Crippen MR) is 115 cm³/mol. The number of anilines is 1. The molecule has 0 N–H and O–H groups in total. The Balaban J connectivity index is 1.79. The highest BCUT2D eigenvalue weighted by atomic mass is 19.1. The standard InChI is InChI=1S/C23H29FN3O4/c1-23(2,3)31-27(29)21-12-10-20(11-13-21)26(17-18-8-7-9-19(24)16-18)30-22(28)25-14-5-4-6-15-25/h7-13,16H,4-6,14-15,17H2,1-3H3/q+1. The fourth-order valence-corrected chi connectivity index (χ4v) is 3.25. The molecule has 0 aromatic heterocycles. The topological polar surface area (TPSA) is 62.1 Å². The summed E-state index contributed by atoms with van der Waals surface area (Å²) in [4.78, 5) is 38.0. The minimum absolute atomic E-state index is 0.163. The first-order chi connectivity index (χ1) is 14.7. The van der Waals surface area contributed by atoms with E-state index in [1.807, 2.05) is 0 Å². The van der Waals surface area contributed by atoms with Crippen LogP contribution in [0.3, 0.4) is 0 Å². The van der Waals surface area contributed by atoms with Crippen LogP contribution in [0.2, 0.25) is 0 Å². The Kier molecular flexibility index (Phi) is 7.09. The summed E-state index contributed by atoms with van der Waals surface area (Å²) in [6.07, 6.45) is 2.55. The number of hydrogen-bond acceptors (Lipinski definition) is 5. The number of hydrogen-bond donors (Lipinski definition) is 0. The first kappa shape index (κ1) is 22.5. The number of amides is 1. The molecule has 0 aliphatic carbocycles. The van der Waals surface area contributed by atoms with Crippen molar-refractivity contribution in [1.82, 2.24) is 4.90 Å². The number of halogens is 1. The van der Waals surface area contributed by atoms with Crippen molar-refractivity contribution in [3.63, 3.8) is 0 Å². The molecular formula is C23H29FN3O4+. The van der Waals surface area contributed by atoms with E-state index in [0.29, 0.717) is 35.0 Å². The summed E-state index contributed by atoms with van der Waals surface area (Å²) in [5.41, 5.74) is 0.889. The minimum Gasteiger partial charge on any atom is -0.321 e. The van der Waals surface area contributed by atoms with E-state index < -0.39 is 11.7 Å². The van der Waals surface area contributed by atoms with E-state index in [0.717, 1.165) is 19.3 Å². The van der Waals surface area contributed by atoms with E-state index in [-0.39, 0.29) is 12.4 Å². The predicted octanol–water partition coefficient (Wildman–Crippen LogP) is 5.51. The SMILES string of the molecule is CC(C)(C)O[N+](=O)c1ccc(N(Cc2cccc(F)c2)OC(=O)N2CCCCC2)cc1. The Morgan fingerprint density at radius 2 is 1.77 bits per heavy atom. The van der Waals surface area contributed by atoms with E-state index in [1.165, 1.54) is 17.2 Å². The number of nitrogens with zero attached hydrogens (tertiary/aromatic N) is 3. The molecule has 3 rings (SSSR count). The van der Waals surface area contributed by atoms with Crippen molar-refractivity contribution in [2.24, 2.45) is 0 Å². The molecule has 2 aromatic carbocycles. The van der Waals surface area contributed by atoms with Crippen LogP contribution in [0.1, 0.15) is 45.6 Å². The van der Waals surface area contributed by atoms with Crippen LogP contribution in [0, 0.1) is 10.7 Å². The molecule has 0 radical (unpaired) electrons. The summed E-state index contributed by atoms with van der Waals surface area (Å²) in [6.45, 7) is 6.82. The quantitative estimate of drug-likeness (QED) is 0.566. The Morgan fingerprint density at radius 1 is 1.10 bits per heavy atom. The van der Waals surface area contributed by atoms with Crippen molar-refractivity contribution in [3.05, 3.63) is 64.8 Å². The van der Waals surface area contributed by atoms with Gasteiger partial charge in [-0.05, 0) is 69.9 Å².